The molecule has 1 saturated carbocycles. The molecule has 1 aromatic carbocycles. The van der Waals surface area contributed by atoms with Crippen LogP contribution in [0.2, 0.25) is 0 Å². The molecular formula is C18H27N3O2. The lowest BCUT2D eigenvalue weighted by Crippen LogP contribution is -2.38. The first-order valence-electron chi connectivity index (χ1n) is 8.49. The molecule has 0 aliphatic heterocycles. The van der Waals surface area contributed by atoms with Crippen LogP contribution >= 0.6 is 0 Å². The van der Waals surface area contributed by atoms with Crippen molar-refractivity contribution in [3.8, 4) is 0 Å². The molecule has 0 spiro atoms. The van der Waals surface area contributed by atoms with Crippen molar-refractivity contribution in [2.24, 2.45) is 5.73 Å². The van der Waals surface area contributed by atoms with Gasteiger partial charge in [0.1, 0.15) is 0 Å². The van der Waals surface area contributed by atoms with Crippen molar-refractivity contribution in [3.63, 3.8) is 0 Å². The lowest BCUT2D eigenvalue weighted by Gasteiger charge is -2.31. The fourth-order valence-corrected chi connectivity index (χ4v) is 3.02. The van der Waals surface area contributed by atoms with Crippen molar-refractivity contribution in [2.75, 3.05) is 18.9 Å². The van der Waals surface area contributed by atoms with Crippen molar-refractivity contribution in [2.45, 2.75) is 51.0 Å². The van der Waals surface area contributed by atoms with E-state index in [9.17, 15) is 9.59 Å². The summed E-state index contributed by atoms with van der Waals surface area (Å²) in [4.78, 5) is 26.1. The summed E-state index contributed by atoms with van der Waals surface area (Å²) in [5.41, 5.74) is 6.77. The molecular weight excluding hydrogens is 290 g/mol. The molecule has 0 saturated heterocycles. The molecule has 0 bridgehead atoms. The van der Waals surface area contributed by atoms with Crippen LogP contribution in [0, 0.1) is 0 Å². The van der Waals surface area contributed by atoms with Crippen molar-refractivity contribution >= 4 is 17.5 Å². The number of rotatable bonds is 6. The van der Waals surface area contributed by atoms with Crippen molar-refractivity contribution < 1.29 is 9.59 Å². The van der Waals surface area contributed by atoms with E-state index in [2.05, 4.69) is 5.32 Å². The number of nitrogens with zero attached hydrogens (tertiary/aromatic N) is 1. The molecule has 0 heterocycles. The average molecular weight is 317 g/mol. The molecule has 5 heteroatoms. The highest BCUT2D eigenvalue weighted by molar-refractivity contribution is 5.95. The van der Waals surface area contributed by atoms with Crippen molar-refractivity contribution in [3.05, 3.63) is 29.8 Å². The van der Waals surface area contributed by atoms with Crippen LogP contribution in [-0.2, 0) is 4.79 Å². The van der Waals surface area contributed by atoms with E-state index >= 15 is 0 Å². The van der Waals surface area contributed by atoms with Gasteiger partial charge in [-0.2, -0.15) is 0 Å². The molecule has 126 valence electrons. The SMILES string of the molecule is CN(C(=O)c1ccc(NC(=O)CCCN)cc1)C1CCCCC1. The van der Waals surface area contributed by atoms with Crippen LogP contribution in [-0.4, -0.2) is 36.3 Å². The van der Waals surface area contributed by atoms with Crippen LogP contribution in [0.25, 0.3) is 0 Å². The Balaban J connectivity index is 1.92. The van der Waals surface area contributed by atoms with Crippen molar-refractivity contribution in [1.29, 1.82) is 0 Å². The molecule has 23 heavy (non-hydrogen) atoms. The van der Waals surface area contributed by atoms with Gasteiger partial charge in [0, 0.05) is 30.8 Å². The highest BCUT2D eigenvalue weighted by atomic mass is 16.2. The third-order valence-corrected chi connectivity index (χ3v) is 4.47. The average Bonchev–Trinajstić information content (AvgIpc) is 2.60. The van der Waals surface area contributed by atoms with Gasteiger partial charge in [-0.1, -0.05) is 19.3 Å². The molecule has 2 amide bonds. The molecule has 0 aromatic heterocycles. The third kappa shape index (κ3) is 5.06. The summed E-state index contributed by atoms with van der Waals surface area (Å²) in [7, 11) is 1.89. The van der Waals surface area contributed by atoms with E-state index in [1.54, 1.807) is 24.3 Å². The molecule has 5 nitrogen and oxygen atoms in total. The van der Waals surface area contributed by atoms with Crippen LogP contribution in [0.1, 0.15) is 55.3 Å². The zero-order chi connectivity index (χ0) is 16.7. The minimum absolute atomic E-state index is 0.0474. The maximum atomic E-state index is 12.5. The van der Waals surface area contributed by atoms with Gasteiger partial charge in [0.25, 0.3) is 5.91 Å². The van der Waals surface area contributed by atoms with Crippen LogP contribution in [0.4, 0.5) is 5.69 Å². The van der Waals surface area contributed by atoms with E-state index < -0.39 is 0 Å². The van der Waals surface area contributed by atoms with E-state index in [1.807, 2.05) is 11.9 Å². The fourth-order valence-electron chi connectivity index (χ4n) is 3.02. The predicted molar refractivity (Wildman–Crippen MR) is 92.3 cm³/mol. The van der Waals surface area contributed by atoms with Gasteiger partial charge < -0.3 is 16.0 Å². The predicted octanol–water partition coefficient (Wildman–Crippen LogP) is 2.77. The molecule has 1 aliphatic rings. The van der Waals surface area contributed by atoms with Crippen LogP contribution in [0.3, 0.4) is 0 Å². The molecule has 2 rings (SSSR count). The van der Waals surface area contributed by atoms with Gasteiger partial charge in [0.2, 0.25) is 5.91 Å². The van der Waals surface area contributed by atoms with Gasteiger partial charge >= 0.3 is 0 Å². The number of amides is 2. The summed E-state index contributed by atoms with van der Waals surface area (Å²) in [6.07, 6.45) is 6.97. The zero-order valence-corrected chi connectivity index (χ0v) is 13.9. The van der Waals surface area contributed by atoms with Crippen LogP contribution < -0.4 is 11.1 Å². The number of nitrogens with one attached hydrogen (secondary N) is 1. The third-order valence-electron chi connectivity index (χ3n) is 4.47. The second kappa shape index (κ2) is 8.67. The Hall–Kier alpha value is -1.88. The second-order valence-electron chi connectivity index (χ2n) is 6.23. The van der Waals surface area contributed by atoms with Crippen LogP contribution in [0.15, 0.2) is 24.3 Å². The summed E-state index contributed by atoms with van der Waals surface area (Å²) in [5, 5.41) is 2.82. The summed E-state index contributed by atoms with van der Waals surface area (Å²) in [5.74, 6) is 0.00626. The Kier molecular flexibility index (Phi) is 6.59. The summed E-state index contributed by atoms with van der Waals surface area (Å²) in [6, 6.07) is 7.47. The Labute approximate surface area is 138 Å². The number of nitrogens with two attached hydrogens (primary N) is 1. The number of carbonyl (C=O) groups excluding carboxylic acids is 2. The van der Waals surface area contributed by atoms with E-state index in [-0.39, 0.29) is 11.8 Å². The van der Waals surface area contributed by atoms with Crippen molar-refractivity contribution in [1.82, 2.24) is 4.90 Å². The summed E-state index contributed by atoms with van der Waals surface area (Å²) < 4.78 is 0. The van der Waals surface area contributed by atoms with Gasteiger partial charge in [-0.25, -0.2) is 0 Å². The topological polar surface area (TPSA) is 75.4 Å². The highest BCUT2D eigenvalue weighted by Gasteiger charge is 2.22. The monoisotopic (exact) mass is 317 g/mol. The Morgan fingerprint density at radius 3 is 2.43 bits per heavy atom. The van der Waals surface area contributed by atoms with Crippen LogP contribution in [0.5, 0.6) is 0 Å². The number of hydrogen-bond acceptors (Lipinski definition) is 3. The van der Waals surface area contributed by atoms with Gasteiger partial charge in [-0.3, -0.25) is 9.59 Å². The lowest BCUT2D eigenvalue weighted by atomic mass is 9.94. The Morgan fingerprint density at radius 1 is 1.17 bits per heavy atom. The highest BCUT2D eigenvalue weighted by Crippen LogP contribution is 2.23. The van der Waals surface area contributed by atoms with E-state index in [4.69, 9.17) is 5.73 Å². The number of anilines is 1. The maximum absolute atomic E-state index is 12.5. The molecule has 0 atom stereocenters. The number of carbonyl (C=O) groups is 2. The zero-order valence-electron chi connectivity index (χ0n) is 13.9. The summed E-state index contributed by atoms with van der Waals surface area (Å²) in [6.45, 7) is 0.508. The van der Waals surface area contributed by atoms with Gasteiger partial charge in [0.15, 0.2) is 0 Å². The Morgan fingerprint density at radius 2 is 1.83 bits per heavy atom. The molecule has 0 unspecified atom stereocenters. The van der Waals surface area contributed by atoms with Gasteiger partial charge in [-0.05, 0) is 50.1 Å². The normalized spacial score (nSPS) is 15.2. The number of hydrogen-bond donors (Lipinski definition) is 2. The first kappa shape index (κ1) is 17.5. The molecule has 1 aliphatic carbocycles. The molecule has 3 N–H and O–H groups in total. The molecule has 0 radical (unpaired) electrons. The summed E-state index contributed by atoms with van der Waals surface area (Å²) >= 11 is 0. The fraction of sp³-hybridized carbons (Fsp3) is 0.556. The van der Waals surface area contributed by atoms with Gasteiger partial charge in [-0.15, -0.1) is 0 Å². The lowest BCUT2D eigenvalue weighted by molar-refractivity contribution is -0.116. The van der Waals surface area contributed by atoms with E-state index in [1.165, 1.54) is 19.3 Å². The largest absolute Gasteiger partial charge is 0.339 e. The van der Waals surface area contributed by atoms with E-state index in [0.29, 0.717) is 36.7 Å². The smallest absolute Gasteiger partial charge is 0.253 e. The molecule has 1 aromatic rings. The first-order valence-corrected chi connectivity index (χ1v) is 8.49. The number of benzene rings is 1. The Bertz CT molecular complexity index is 522. The second-order valence-corrected chi connectivity index (χ2v) is 6.23. The van der Waals surface area contributed by atoms with E-state index in [0.717, 1.165) is 12.8 Å². The first-order chi connectivity index (χ1) is 11.1. The molecule has 1 fully saturated rings. The maximum Gasteiger partial charge on any atom is 0.253 e. The standard InChI is InChI=1S/C18H27N3O2/c1-21(16-6-3-2-4-7-16)18(23)14-9-11-15(12-10-14)20-17(22)8-5-13-19/h9-12,16H,2-8,13,19H2,1H3,(H,20,22). The minimum Gasteiger partial charge on any atom is -0.339 e. The minimum atomic E-state index is -0.0474. The quantitative estimate of drug-likeness (QED) is 0.847. The van der Waals surface area contributed by atoms with Gasteiger partial charge in [0.05, 0.1) is 0 Å².